The summed E-state index contributed by atoms with van der Waals surface area (Å²) in [5.41, 5.74) is 0. The van der Waals surface area contributed by atoms with Crippen LogP contribution >= 0.6 is 0 Å². The lowest BCUT2D eigenvalue weighted by molar-refractivity contribution is -0.167. The third-order valence-electron chi connectivity index (χ3n) is 14.9. The summed E-state index contributed by atoms with van der Waals surface area (Å²) in [6.45, 7) is 6.51. The molecular formula is C73H128O6. The zero-order valence-corrected chi connectivity index (χ0v) is 52.4. The number of esters is 3. The summed E-state index contributed by atoms with van der Waals surface area (Å²) in [4.78, 5) is 38.3. The first-order valence-corrected chi connectivity index (χ1v) is 34.1. The van der Waals surface area contributed by atoms with Crippen LogP contribution in [0.1, 0.15) is 342 Å². The zero-order valence-electron chi connectivity index (χ0n) is 52.4. The Kier molecular flexibility index (Phi) is 64.2. The van der Waals surface area contributed by atoms with Gasteiger partial charge in [0.2, 0.25) is 0 Å². The van der Waals surface area contributed by atoms with E-state index in [2.05, 4.69) is 106 Å². The standard InChI is InChI=1S/C73H128O6/c1-4-7-10-13-16-19-22-25-27-29-31-33-34-35-36-37-38-40-41-43-45-48-51-54-57-60-63-66-72(75)78-69-70(68-77-71(74)65-62-59-56-53-50-47-24-21-18-15-12-9-6-3)79-73(76)67-64-61-58-55-52-49-46-44-42-39-32-30-28-26-23-20-17-14-11-8-5-2/h8,11,17,20-21,24,26,28,32,39,44,46,52,55,70H,4-7,9-10,12-16,18-19,22-23,25,27,29-31,33-38,40-43,45,47-51,53-54,56-69H2,1-3H3/b11-8-,20-17-,24-21-,28-26-,39-32-,46-44-,55-52-. The number of carbonyl (C=O) groups excluding carboxylic acids is 3. The van der Waals surface area contributed by atoms with Crippen molar-refractivity contribution in [2.24, 2.45) is 0 Å². The number of carbonyl (C=O) groups is 3. The quantitative estimate of drug-likeness (QED) is 0.0261. The fraction of sp³-hybridized carbons (Fsp3) is 0.767. The molecule has 0 radical (unpaired) electrons. The molecule has 0 fully saturated rings. The number of ether oxygens (including phenoxy) is 3. The monoisotopic (exact) mass is 1100 g/mol. The van der Waals surface area contributed by atoms with Gasteiger partial charge in [0.1, 0.15) is 13.2 Å². The maximum Gasteiger partial charge on any atom is 0.306 e. The van der Waals surface area contributed by atoms with E-state index in [1.165, 1.54) is 199 Å². The van der Waals surface area contributed by atoms with E-state index in [0.29, 0.717) is 19.3 Å². The van der Waals surface area contributed by atoms with E-state index in [9.17, 15) is 14.4 Å². The van der Waals surface area contributed by atoms with Gasteiger partial charge in [0, 0.05) is 19.3 Å². The van der Waals surface area contributed by atoms with Gasteiger partial charge in [-0.1, -0.05) is 311 Å². The van der Waals surface area contributed by atoms with Crippen LogP contribution in [0.5, 0.6) is 0 Å². The lowest BCUT2D eigenvalue weighted by Gasteiger charge is -2.18. The van der Waals surface area contributed by atoms with Gasteiger partial charge >= 0.3 is 17.9 Å². The Morgan fingerprint density at radius 1 is 0.266 bits per heavy atom. The van der Waals surface area contributed by atoms with E-state index in [0.717, 1.165) is 96.3 Å². The van der Waals surface area contributed by atoms with Crippen LogP contribution in [-0.2, 0) is 28.6 Å². The van der Waals surface area contributed by atoms with Crippen molar-refractivity contribution < 1.29 is 28.6 Å². The maximum absolute atomic E-state index is 12.9. The molecule has 0 saturated carbocycles. The highest BCUT2D eigenvalue weighted by molar-refractivity contribution is 5.71. The van der Waals surface area contributed by atoms with Crippen LogP contribution in [0.2, 0.25) is 0 Å². The van der Waals surface area contributed by atoms with Gasteiger partial charge in [-0.3, -0.25) is 14.4 Å². The SMILES string of the molecule is CC/C=C\C/C=C\C/C=C\C/C=C\C/C=C\C/C=C\CCCCC(=O)OC(COC(=O)CCCCCCC/C=C\CCCCCC)COC(=O)CCCCCCCCCCCCCCCCCCCCCCCCCCCCC. The summed E-state index contributed by atoms with van der Waals surface area (Å²) in [6, 6.07) is 0. The van der Waals surface area contributed by atoms with Crippen molar-refractivity contribution in [1.29, 1.82) is 0 Å². The van der Waals surface area contributed by atoms with Crippen molar-refractivity contribution in [3.05, 3.63) is 85.1 Å². The molecule has 0 saturated heterocycles. The molecule has 1 atom stereocenters. The van der Waals surface area contributed by atoms with Gasteiger partial charge in [0.15, 0.2) is 6.10 Å². The second kappa shape index (κ2) is 67.1. The Morgan fingerprint density at radius 2 is 0.494 bits per heavy atom. The molecule has 0 N–H and O–H groups in total. The highest BCUT2D eigenvalue weighted by Gasteiger charge is 2.19. The van der Waals surface area contributed by atoms with E-state index >= 15 is 0 Å². The largest absolute Gasteiger partial charge is 0.462 e. The highest BCUT2D eigenvalue weighted by Crippen LogP contribution is 2.18. The van der Waals surface area contributed by atoms with Crippen molar-refractivity contribution in [2.75, 3.05) is 13.2 Å². The summed E-state index contributed by atoms with van der Waals surface area (Å²) < 4.78 is 16.9. The molecule has 1 unspecified atom stereocenters. The lowest BCUT2D eigenvalue weighted by Crippen LogP contribution is -2.30. The minimum atomic E-state index is -0.803. The Morgan fingerprint density at radius 3 is 0.823 bits per heavy atom. The summed E-state index contributed by atoms with van der Waals surface area (Å²) in [5.74, 6) is -0.932. The topological polar surface area (TPSA) is 78.9 Å². The van der Waals surface area contributed by atoms with Crippen LogP contribution < -0.4 is 0 Å². The molecule has 0 spiro atoms. The fourth-order valence-electron chi connectivity index (χ4n) is 9.80. The summed E-state index contributed by atoms with van der Waals surface area (Å²) in [5, 5.41) is 0. The van der Waals surface area contributed by atoms with Gasteiger partial charge in [-0.2, -0.15) is 0 Å². The molecule has 456 valence electrons. The smallest absolute Gasteiger partial charge is 0.306 e. The molecule has 0 rings (SSSR count). The Bertz CT molecular complexity index is 1500. The van der Waals surface area contributed by atoms with E-state index < -0.39 is 6.10 Å². The molecule has 0 heterocycles. The predicted molar refractivity (Wildman–Crippen MR) is 344 cm³/mol. The van der Waals surface area contributed by atoms with Crippen LogP contribution in [0.15, 0.2) is 85.1 Å². The second-order valence-corrected chi connectivity index (χ2v) is 22.7. The molecule has 0 aromatic carbocycles. The zero-order chi connectivity index (χ0) is 57.1. The van der Waals surface area contributed by atoms with Crippen molar-refractivity contribution in [3.63, 3.8) is 0 Å². The Balaban J connectivity index is 4.31. The van der Waals surface area contributed by atoms with Crippen molar-refractivity contribution in [2.45, 2.75) is 348 Å². The third kappa shape index (κ3) is 65.3. The minimum Gasteiger partial charge on any atom is -0.462 e. The first kappa shape index (κ1) is 75.6. The molecule has 0 aliphatic rings. The van der Waals surface area contributed by atoms with Crippen LogP contribution in [0.25, 0.3) is 0 Å². The first-order valence-electron chi connectivity index (χ1n) is 34.1. The number of rotatable bonds is 62. The molecule has 0 aromatic heterocycles. The summed E-state index contributed by atoms with van der Waals surface area (Å²) in [7, 11) is 0. The van der Waals surface area contributed by atoms with E-state index in [4.69, 9.17) is 14.2 Å². The Hall–Kier alpha value is -3.41. The minimum absolute atomic E-state index is 0.0942. The van der Waals surface area contributed by atoms with Gasteiger partial charge in [0.05, 0.1) is 0 Å². The molecule has 6 nitrogen and oxygen atoms in total. The molecular weight excluding hydrogens is 973 g/mol. The number of hydrogen-bond donors (Lipinski definition) is 0. The molecule has 6 heteroatoms. The summed E-state index contributed by atoms with van der Waals surface area (Å²) >= 11 is 0. The van der Waals surface area contributed by atoms with Gasteiger partial charge in [-0.05, 0) is 96.3 Å². The van der Waals surface area contributed by atoms with Gasteiger partial charge in [-0.25, -0.2) is 0 Å². The Labute approximate surface area is 490 Å². The average Bonchev–Trinajstić information content (AvgIpc) is 3.45. The molecule has 0 aromatic rings. The fourth-order valence-corrected chi connectivity index (χ4v) is 9.80. The van der Waals surface area contributed by atoms with Crippen molar-refractivity contribution in [1.82, 2.24) is 0 Å². The van der Waals surface area contributed by atoms with E-state index in [1.807, 2.05) is 0 Å². The lowest BCUT2D eigenvalue weighted by atomic mass is 10.0. The average molecular weight is 1100 g/mol. The number of allylic oxidation sites excluding steroid dienone is 14. The molecule has 0 amide bonds. The molecule has 79 heavy (non-hydrogen) atoms. The van der Waals surface area contributed by atoms with Gasteiger partial charge in [0.25, 0.3) is 0 Å². The van der Waals surface area contributed by atoms with Crippen LogP contribution in [0, 0.1) is 0 Å². The van der Waals surface area contributed by atoms with Crippen molar-refractivity contribution in [3.8, 4) is 0 Å². The van der Waals surface area contributed by atoms with E-state index in [1.54, 1.807) is 0 Å². The maximum atomic E-state index is 12.9. The highest BCUT2D eigenvalue weighted by atomic mass is 16.6. The second-order valence-electron chi connectivity index (χ2n) is 22.7. The molecule has 0 bridgehead atoms. The number of hydrogen-bond acceptors (Lipinski definition) is 6. The van der Waals surface area contributed by atoms with Crippen LogP contribution in [0.3, 0.4) is 0 Å². The van der Waals surface area contributed by atoms with Crippen LogP contribution in [-0.4, -0.2) is 37.2 Å². The normalized spacial score (nSPS) is 12.6. The molecule has 0 aliphatic heterocycles. The van der Waals surface area contributed by atoms with Crippen molar-refractivity contribution >= 4 is 17.9 Å². The van der Waals surface area contributed by atoms with E-state index in [-0.39, 0.29) is 37.5 Å². The molecule has 0 aliphatic carbocycles. The van der Waals surface area contributed by atoms with Crippen LogP contribution in [0.4, 0.5) is 0 Å². The first-order chi connectivity index (χ1) is 39.0. The van der Waals surface area contributed by atoms with Gasteiger partial charge in [-0.15, -0.1) is 0 Å². The van der Waals surface area contributed by atoms with Gasteiger partial charge < -0.3 is 14.2 Å². The third-order valence-corrected chi connectivity index (χ3v) is 14.9. The predicted octanol–water partition coefficient (Wildman–Crippen LogP) is 23.4. The number of unbranched alkanes of at least 4 members (excludes halogenated alkanes) is 37. The summed E-state index contributed by atoms with van der Waals surface area (Å²) in [6.07, 6.45) is 89.0.